The molecule has 0 aliphatic carbocycles. The van der Waals surface area contributed by atoms with Gasteiger partial charge in [0.2, 0.25) is 5.78 Å². The molecule has 0 fully saturated rings. The zero-order valence-electron chi connectivity index (χ0n) is 15.5. The summed E-state index contributed by atoms with van der Waals surface area (Å²) in [6, 6.07) is 16.7. The second kappa shape index (κ2) is 7.21. The van der Waals surface area contributed by atoms with E-state index >= 15 is 0 Å². The third-order valence-electron chi connectivity index (χ3n) is 4.92. The van der Waals surface area contributed by atoms with Crippen LogP contribution in [0.3, 0.4) is 0 Å². The summed E-state index contributed by atoms with van der Waals surface area (Å²) in [5.74, 6) is 5.77. The first-order valence-electron chi connectivity index (χ1n) is 8.39. The van der Waals surface area contributed by atoms with Crippen LogP contribution < -0.4 is 0 Å². The Labute approximate surface area is 151 Å². The average molecular weight is 349 g/mol. The Bertz CT molecular complexity index is 830. The molecule has 0 saturated carbocycles. The minimum atomic E-state index is -2.34. The van der Waals surface area contributed by atoms with Crippen molar-refractivity contribution < 1.29 is 9.59 Å². The minimum absolute atomic E-state index is 0.152. The molecule has 0 aromatic heterocycles. The van der Waals surface area contributed by atoms with E-state index in [1.165, 1.54) is 0 Å². The number of ketones is 1. The molecule has 0 aliphatic rings. The van der Waals surface area contributed by atoms with Gasteiger partial charge in [0.25, 0.3) is 0 Å². The van der Waals surface area contributed by atoms with Crippen molar-refractivity contribution in [3.8, 4) is 11.8 Å². The van der Waals surface area contributed by atoms with Gasteiger partial charge >= 0.3 is 0 Å². The van der Waals surface area contributed by atoms with Gasteiger partial charge in [-0.25, -0.2) is 0 Å². The molecule has 2 rings (SSSR count). The van der Waals surface area contributed by atoms with Crippen LogP contribution in [0.2, 0.25) is 18.1 Å². The van der Waals surface area contributed by atoms with Crippen LogP contribution in [0, 0.1) is 11.8 Å². The predicted molar refractivity (Wildman–Crippen MR) is 105 cm³/mol. The van der Waals surface area contributed by atoms with Gasteiger partial charge in [0.15, 0.2) is 5.41 Å². The molecular formula is C22H24O2Si. The second-order valence-corrected chi connectivity index (χ2v) is 12.9. The molecular weight excluding hydrogens is 324 g/mol. The molecule has 128 valence electrons. The largest absolute Gasteiger partial charge is 0.296 e. The van der Waals surface area contributed by atoms with Gasteiger partial charge in [-0.2, -0.15) is 0 Å². The molecule has 0 saturated heterocycles. The van der Waals surface area contributed by atoms with E-state index in [2.05, 4.69) is 11.8 Å². The lowest BCUT2D eigenvalue weighted by Gasteiger charge is -2.34. The average Bonchev–Trinajstić information content (AvgIpc) is 2.59. The summed E-state index contributed by atoms with van der Waals surface area (Å²) in [6.45, 7) is 10.0. The number of benzene rings is 2. The van der Waals surface area contributed by atoms with Crippen molar-refractivity contribution in [3.05, 3.63) is 71.3 Å². The van der Waals surface area contributed by atoms with Crippen molar-refractivity contribution in [2.45, 2.75) is 38.9 Å². The first-order valence-corrected chi connectivity index (χ1v) is 11.4. The van der Waals surface area contributed by atoms with Crippen LogP contribution in [0.4, 0.5) is 0 Å². The minimum Gasteiger partial charge on any atom is -0.296 e. The van der Waals surface area contributed by atoms with Gasteiger partial charge < -0.3 is 0 Å². The molecule has 0 atom stereocenters. The summed E-state index contributed by atoms with van der Waals surface area (Å²) >= 11 is 0. The summed E-state index contributed by atoms with van der Waals surface area (Å²) < 4.78 is 0. The number of rotatable bonds is 3. The van der Waals surface area contributed by atoms with Crippen LogP contribution in [-0.4, -0.2) is 19.3 Å². The number of Topliss-reactive ketones (excluding diaryl/α,β-unsaturated/α-hetero) is 1. The van der Waals surface area contributed by atoms with Crippen LogP contribution in [-0.2, 0) is 4.79 Å². The van der Waals surface area contributed by atoms with Crippen molar-refractivity contribution in [1.82, 2.24) is 0 Å². The molecule has 2 aromatic rings. The molecule has 0 aliphatic heterocycles. The molecule has 0 bridgehead atoms. The second-order valence-electron chi connectivity index (χ2n) is 7.73. The maximum Gasteiger partial charge on any atom is 0.223 e. The molecule has 0 amide bonds. The summed E-state index contributed by atoms with van der Waals surface area (Å²) in [6.07, 6.45) is 0. The van der Waals surface area contributed by atoms with Gasteiger partial charge in [-0.15, -0.1) is 0 Å². The predicted octanol–water partition coefficient (Wildman–Crippen LogP) is 4.89. The van der Waals surface area contributed by atoms with Crippen molar-refractivity contribution >= 4 is 19.3 Å². The van der Waals surface area contributed by atoms with E-state index in [-0.39, 0.29) is 16.2 Å². The first kappa shape index (κ1) is 18.9. The lowest BCUT2D eigenvalue weighted by atomic mass is 10.1. The summed E-state index contributed by atoms with van der Waals surface area (Å²) in [5.41, 5.74) is 2.20. The quantitative estimate of drug-likeness (QED) is 0.343. The summed E-state index contributed by atoms with van der Waals surface area (Å²) in [7, 11) is -2.34. The zero-order valence-corrected chi connectivity index (χ0v) is 16.5. The van der Waals surface area contributed by atoms with Gasteiger partial charge in [-0.3, -0.25) is 9.59 Å². The van der Waals surface area contributed by atoms with E-state index in [0.29, 0.717) is 5.56 Å². The highest BCUT2D eigenvalue weighted by Gasteiger charge is 2.45. The Morgan fingerprint density at radius 1 is 0.800 bits per heavy atom. The molecule has 0 spiro atoms. The molecule has 25 heavy (non-hydrogen) atoms. The van der Waals surface area contributed by atoms with Crippen LogP contribution in [0.1, 0.15) is 42.3 Å². The lowest BCUT2D eigenvalue weighted by molar-refractivity contribution is -0.109. The number of hydrogen-bond donors (Lipinski definition) is 0. The topological polar surface area (TPSA) is 34.1 Å². The number of carbonyl (C=O) groups is 2. The molecule has 2 nitrogen and oxygen atoms in total. The van der Waals surface area contributed by atoms with E-state index in [0.717, 1.165) is 11.1 Å². The third-order valence-corrected chi connectivity index (χ3v) is 10.0. The fraction of sp³-hybridized carbons (Fsp3) is 0.273. The fourth-order valence-electron chi connectivity index (χ4n) is 2.13. The van der Waals surface area contributed by atoms with Gasteiger partial charge in [0.1, 0.15) is 8.07 Å². The van der Waals surface area contributed by atoms with Gasteiger partial charge in [0, 0.05) is 16.7 Å². The Morgan fingerprint density at radius 3 is 1.76 bits per heavy atom. The van der Waals surface area contributed by atoms with Gasteiger partial charge in [0.05, 0.1) is 0 Å². The van der Waals surface area contributed by atoms with E-state index < -0.39 is 8.07 Å². The van der Waals surface area contributed by atoms with Crippen molar-refractivity contribution in [2.75, 3.05) is 0 Å². The first-order chi connectivity index (χ1) is 11.6. The maximum absolute atomic E-state index is 12.7. The van der Waals surface area contributed by atoms with Gasteiger partial charge in [-0.05, 0) is 41.4 Å². The van der Waals surface area contributed by atoms with Crippen LogP contribution in [0.25, 0.3) is 0 Å². The molecule has 2 aromatic carbocycles. The standard InChI is InChI=1S/C22H24O2Si/c1-22(2,3)25(4,5)21(24)20(23)19-15-13-18(14-16-19)12-11-17-9-7-6-8-10-17/h6-10,13-16H,1-5H3. The Morgan fingerprint density at radius 2 is 1.28 bits per heavy atom. The van der Waals surface area contributed by atoms with Crippen LogP contribution in [0.5, 0.6) is 0 Å². The highest BCUT2D eigenvalue weighted by molar-refractivity contribution is 7.14. The van der Waals surface area contributed by atoms with E-state index in [4.69, 9.17) is 0 Å². The molecule has 0 unspecified atom stereocenters. The van der Waals surface area contributed by atoms with Crippen molar-refractivity contribution in [2.24, 2.45) is 0 Å². The highest BCUT2D eigenvalue weighted by atomic mass is 28.3. The smallest absolute Gasteiger partial charge is 0.223 e. The maximum atomic E-state index is 12.7. The molecule has 0 N–H and O–H groups in total. The van der Waals surface area contributed by atoms with E-state index in [9.17, 15) is 9.59 Å². The van der Waals surface area contributed by atoms with E-state index in [1.807, 2.05) is 64.2 Å². The zero-order chi connectivity index (χ0) is 18.7. The fourth-order valence-corrected chi connectivity index (χ4v) is 3.52. The summed E-state index contributed by atoms with van der Waals surface area (Å²) in [4.78, 5) is 25.3. The van der Waals surface area contributed by atoms with Crippen LogP contribution >= 0.6 is 0 Å². The third kappa shape index (κ3) is 4.35. The van der Waals surface area contributed by atoms with Gasteiger partial charge in [-0.1, -0.05) is 63.9 Å². The molecule has 0 heterocycles. The monoisotopic (exact) mass is 348 g/mol. The Balaban J connectivity index is 2.19. The lowest BCUT2D eigenvalue weighted by Crippen LogP contribution is -2.49. The van der Waals surface area contributed by atoms with Crippen LogP contribution in [0.15, 0.2) is 54.6 Å². The Hall–Kier alpha value is -2.44. The SMILES string of the molecule is CC(C)(C)[Si](C)(C)C(=O)C(=O)c1ccc(C#Cc2ccccc2)cc1. The molecule has 0 radical (unpaired) electrons. The summed E-state index contributed by atoms with van der Waals surface area (Å²) in [5, 5.41) is -0.371. The van der Waals surface area contributed by atoms with Crippen molar-refractivity contribution in [3.63, 3.8) is 0 Å². The highest BCUT2D eigenvalue weighted by Crippen LogP contribution is 2.37. The Kier molecular flexibility index (Phi) is 5.44. The molecule has 3 heteroatoms. The normalized spacial score (nSPS) is 11.4. The van der Waals surface area contributed by atoms with Crippen molar-refractivity contribution in [1.29, 1.82) is 0 Å². The number of hydrogen-bond acceptors (Lipinski definition) is 2. The van der Waals surface area contributed by atoms with E-state index in [1.54, 1.807) is 24.3 Å². The number of carbonyl (C=O) groups excluding carboxylic acids is 2.